The van der Waals surface area contributed by atoms with Crippen LogP contribution in [0.5, 0.6) is 0 Å². The van der Waals surface area contributed by atoms with Crippen LogP contribution in [0.25, 0.3) is 52.9 Å². The highest BCUT2D eigenvalue weighted by Crippen LogP contribution is 2.46. The topological polar surface area (TPSA) is 16.4 Å². The number of furan rings is 1. The number of benzene rings is 6. The van der Waals surface area contributed by atoms with E-state index in [9.17, 15) is 0 Å². The van der Waals surface area contributed by atoms with Crippen molar-refractivity contribution in [1.29, 1.82) is 0 Å². The highest BCUT2D eigenvalue weighted by molar-refractivity contribution is 7.26. The van der Waals surface area contributed by atoms with E-state index in [4.69, 9.17) is 4.42 Å². The molecule has 3 heteroatoms. The summed E-state index contributed by atoms with van der Waals surface area (Å²) in [4.78, 5) is 2.41. The maximum atomic E-state index is 6.21. The van der Waals surface area contributed by atoms with E-state index >= 15 is 0 Å². The average molecular weight is 492 g/mol. The van der Waals surface area contributed by atoms with Gasteiger partial charge in [0.1, 0.15) is 11.2 Å². The molecule has 0 fully saturated rings. The minimum atomic E-state index is 0.920. The van der Waals surface area contributed by atoms with Crippen LogP contribution < -0.4 is 4.90 Å². The highest BCUT2D eigenvalue weighted by Gasteiger charge is 2.20. The third-order valence-electron chi connectivity index (χ3n) is 7.23. The monoisotopic (exact) mass is 491 g/mol. The van der Waals surface area contributed by atoms with Gasteiger partial charge in [-0.2, -0.15) is 0 Å². The van der Waals surface area contributed by atoms with Crippen LogP contribution in [0.15, 0.2) is 132 Å². The van der Waals surface area contributed by atoms with Crippen molar-refractivity contribution in [3.8, 4) is 0 Å². The Labute approximate surface area is 217 Å². The Morgan fingerprint density at radius 3 is 2.14 bits per heavy atom. The molecule has 0 spiro atoms. The van der Waals surface area contributed by atoms with Crippen molar-refractivity contribution in [3.05, 3.63) is 127 Å². The van der Waals surface area contributed by atoms with E-state index < -0.39 is 0 Å². The van der Waals surface area contributed by atoms with Gasteiger partial charge < -0.3 is 9.32 Å². The van der Waals surface area contributed by atoms with Gasteiger partial charge >= 0.3 is 0 Å². The number of anilines is 3. The van der Waals surface area contributed by atoms with Crippen LogP contribution in [-0.4, -0.2) is 0 Å². The molecule has 0 saturated heterocycles. The molecule has 0 saturated carbocycles. The molecule has 0 aliphatic carbocycles. The number of rotatable bonds is 3. The molecule has 8 rings (SSSR count). The number of hydrogen-bond donors (Lipinski definition) is 0. The van der Waals surface area contributed by atoms with Gasteiger partial charge in [0, 0.05) is 37.3 Å². The Kier molecular flexibility index (Phi) is 4.42. The van der Waals surface area contributed by atoms with Crippen molar-refractivity contribution in [2.24, 2.45) is 0 Å². The normalized spacial score (nSPS) is 11.8. The Balaban J connectivity index is 1.47. The molecule has 0 aliphatic heterocycles. The number of hydrogen-bond acceptors (Lipinski definition) is 3. The van der Waals surface area contributed by atoms with Gasteiger partial charge in [0.25, 0.3) is 0 Å². The van der Waals surface area contributed by atoms with Gasteiger partial charge in [-0.25, -0.2) is 0 Å². The van der Waals surface area contributed by atoms with Crippen molar-refractivity contribution in [1.82, 2.24) is 0 Å². The van der Waals surface area contributed by atoms with Gasteiger partial charge in [0.05, 0.1) is 16.1 Å². The minimum absolute atomic E-state index is 0.920. The fraction of sp³-hybridized carbons (Fsp3) is 0. The van der Waals surface area contributed by atoms with E-state index in [1.165, 1.54) is 31.2 Å². The molecule has 0 bridgehead atoms. The van der Waals surface area contributed by atoms with Gasteiger partial charge in [-0.1, -0.05) is 78.9 Å². The second-order valence-electron chi connectivity index (χ2n) is 9.37. The van der Waals surface area contributed by atoms with E-state index in [2.05, 4.69) is 120 Å². The van der Waals surface area contributed by atoms with Crippen LogP contribution in [0.2, 0.25) is 0 Å². The van der Waals surface area contributed by atoms with Crippen molar-refractivity contribution in [2.75, 3.05) is 4.90 Å². The quantitative estimate of drug-likeness (QED) is 0.244. The SMILES string of the molecule is c1ccc(N(c2cccc3cc4oc5ccccc5c4cc23)c2cccc3c2sc2ccccc23)cc1. The molecule has 0 radical (unpaired) electrons. The van der Waals surface area contributed by atoms with Crippen molar-refractivity contribution in [2.45, 2.75) is 0 Å². The third-order valence-corrected chi connectivity index (χ3v) is 8.44. The lowest BCUT2D eigenvalue weighted by atomic mass is 10.0. The largest absolute Gasteiger partial charge is 0.456 e. The van der Waals surface area contributed by atoms with Crippen LogP contribution in [0, 0.1) is 0 Å². The smallest absolute Gasteiger partial charge is 0.136 e. The summed E-state index contributed by atoms with van der Waals surface area (Å²) >= 11 is 1.86. The zero-order chi connectivity index (χ0) is 24.3. The van der Waals surface area contributed by atoms with Gasteiger partial charge in [-0.3, -0.25) is 0 Å². The first-order valence-electron chi connectivity index (χ1n) is 12.4. The molecular formula is C34H21NOS. The molecule has 0 aliphatic rings. The molecule has 2 nitrogen and oxygen atoms in total. The second-order valence-corrected chi connectivity index (χ2v) is 10.4. The van der Waals surface area contributed by atoms with Crippen LogP contribution >= 0.6 is 11.3 Å². The summed E-state index contributed by atoms with van der Waals surface area (Å²) in [6.07, 6.45) is 0. The number of fused-ring (bicyclic) bond motifs is 7. The molecule has 0 amide bonds. The van der Waals surface area contributed by atoms with E-state index in [-0.39, 0.29) is 0 Å². The molecule has 174 valence electrons. The van der Waals surface area contributed by atoms with Gasteiger partial charge in [-0.05, 0) is 53.9 Å². The van der Waals surface area contributed by atoms with E-state index in [1.54, 1.807) is 0 Å². The number of thiophene rings is 1. The molecule has 0 unspecified atom stereocenters. The zero-order valence-corrected chi connectivity index (χ0v) is 20.7. The molecule has 2 heterocycles. The molecule has 37 heavy (non-hydrogen) atoms. The van der Waals surface area contributed by atoms with Crippen molar-refractivity contribution in [3.63, 3.8) is 0 Å². The van der Waals surface area contributed by atoms with Gasteiger partial charge in [0.2, 0.25) is 0 Å². The minimum Gasteiger partial charge on any atom is -0.456 e. The Morgan fingerprint density at radius 1 is 0.486 bits per heavy atom. The Hall–Kier alpha value is -4.60. The van der Waals surface area contributed by atoms with Crippen molar-refractivity contribution < 1.29 is 4.42 Å². The lowest BCUT2D eigenvalue weighted by molar-refractivity contribution is 0.669. The Bertz CT molecular complexity index is 2100. The summed E-state index contributed by atoms with van der Waals surface area (Å²) in [5.74, 6) is 0. The van der Waals surface area contributed by atoms with Crippen LogP contribution in [0.1, 0.15) is 0 Å². The molecule has 6 aromatic carbocycles. The standard InChI is InChI=1S/C34H21NOS/c1-2-11-23(12-3-1)35(30-17-9-15-26-25-14-5-7-19-33(25)37-34(26)30)29-16-8-10-22-20-32-28(21-27(22)29)24-13-4-6-18-31(24)36-32/h1-21H. The first-order valence-corrected chi connectivity index (χ1v) is 13.3. The fourth-order valence-electron chi connectivity index (χ4n) is 5.57. The lowest BCUT2D eigenvalue weighted by Gasteiger charge is -2.27. The number of nitrogens with zero attached hydrogens (tertiary/aromatic N) is 1. The molecule has 0 atom stereocenters. The third kappa shape index (κ3) is 3.11. The van der Waals surface area contributed by atoms with E-state index in [0.717, 1.165) is 38.7 Å². The van der Waals surface area contributed by atoms with Crippen molar-refractivity contribution >= 4 is 81.3 Å². The van der Waals surface area contributed by atoms with Gasteiger partial charge in [0.15, 0.2) is 0 Å². The molecule has 0 N–H and O–H groups in total. The van der Waals surface area contributed by atoms with E-state index in [1.807, 2.05) is 23.5 Å². The zero-order valence-electron chi connectivity index (χ0n) is 19.9. The average Bonchev–Trinajstić information content (AvgIpc) is 3.51. The van der Waals surface area contributed by atoms with E-state index in [0.29, 0.717) is 0 Å². The summed E-state index contributed by atoms with van der Waals surface area (Å²) in [6, 6.07) is 45.4. The maximum absolute atomic E-state index is 6.21. The summed E-state index contributed by atoms with van der Waals surface area (Å²) < 4.78 is 8.81. The van der Waals surface area contributed by atoms with Crippen LogP contribution in [0.3, 0.4) is 0 Å². The molecular weight excluding hydrogens is 470 g/mol. The number of para-hydroxylation sites is 2. The maximum Gasteiger partial charge on any atom is 0.136 e. The van der Waals surface area contributed by atoms with Gasteiger partial charge in [-0.15, -0.1) is 11.3 Å². The second kappa shape index (κ2) is 7.95. The van der Waals surface area contributed by atoms with Crippen LogP contribution in [-0.2, 0) is 0 Å². The molecule has 8 aromatic rings. The first-order chi connectivity index (χ1) is 18.3. The summed E-state index contributed by atoms with van der Waals surface area (Å²) in [5.41, 5.74) is 5.32. The predicted octanol–water partition coefficient (Wildman–Crippen LogP) is 10.6. The highest BCUT2D eigenvalue weighted by atomic mass is 32.1. The lowest BCUT2D eigenvalue weighted by Crippen LogP contribution is -2.10. The predicted molar refractivity (Wildman–Crippen MR) is 159 cm³/mol. The summed E-state index contributed by atoms with van der Waals surface area (Å²) in [7, 11) is 0. The Morgan fingerprint density at radius 2 is 1.22 bits per heavy atom. The fourth-order valence-corrected chi connectivity index (χ4v) is 6.77. The summed E-state index contributed by atoms with van der Waals surface area (Å²) in [5, 5.41) is 7.25. The van der Waals surface area contributed by atoms with Crippen LogP contribution in [0.4, 0.5) is 17.1 Å². The molecule has 2 aromatic heterocycles. The first kappa shape index (κ1) is 20.6. The summed E-state index contributed by atoms with van der Waals surface area (Å²) in [6.45, 7) is 0.